The molecule has 28 heavy (non-hydrogen) atoms. The molecule has 0 N–H and O–H groups in total. The number of fused-ring (bicyclic) bond motifs is 1. The van der Waals surface area contributed by atoms with Gasteiger partial charge in [-0.05, 0) is 57.1 Å². The molecule has 0 saturated carbocycles. The van der Waals surface area contributed by atoms with E-state index in [2.05, 4.69) is 17.0 Å². The third-order valence-electron chi connectivity index (χ3n) is 5.55. The van der Waals surface area contributed by atoms with Crippen molar-refractivity contribution in [3.05, 3.63) is 75.7 Å². The predicted octanol–water partition coefficient (Wildman–Crippen LogP) is 3.92. The fourth-order valence-electron chi connectivity index (χ4n) is 3.96. The summed E-state index contributed by atoms with van der Waals surface area (Å²) in [4.78, 5) is 15.4. The van der Waals surface area contributed by atoms with E-state index in [0.29, 0.717) is 16.6 Å². The summed E-state index contributed by atoms with van der Waals surface area (Å²) < 4.78 is 29.1. The lowest BCUT2D eigenvalue weighted by Crippen LogP contribution is -2.29. The highest BCUT2D eigenvalue weighted by molar-refractivity contribution is 5.83. The van der Waals surface area contributed by atoms with Gasteiger partial charge in [-0.2, -0.15) is 5.10 Å². The van der Waals surface area contributed by atoms with Gasteiger partial charge in [0.2, 0.25) is 0 Å². The summed E-state index contributed by atoms with van der Waals surface area (Å²) in [6, 6.07) is 10.9. The van der Waals surface area contributed by atoms with E-state index in [4.69, 9.17) is 0 Å². The second kappa shape index (κ2) is 7.80. The SMILES string of the molecule is CN1CCCC(n2nc(Cc3ccc(F)cc3F)c3ccccc3c2=O)CC1. The van der Waals surface area contributed by atoms with Crippen molar-refractivity contribution in [2.24, 2.45) is 0 Å². The van der Waals surface area contributed by atoms with Crippen LogP contribution in [0, 0.1) is 11.6 Å². The monoisotopic (exact) mass is 383 g/mol. The van der Waals surface area contributed by atoms with Gasteiger partial charge in [-0.15, -0.1) is 0 Å². The molecule has 2 heterocycles. The van der Waals surface area contributed by atoms with Gasteiger partial charge in [0.25, 0.3) is 5.56 Å². The molecule has 4 nitrogen and oxygen atoms in total. The Morgan fingerprint density at radius 2 is 1.86 bits per heavy atom. The summed E-state index contributed by atoms with van der Waals surface area (Å²) in [5, 5.41) is 5.99. The normalized spacial score (nSPS) is 18.3. The van der Waals surface area contributed by atoms with Gasteiger partial charge in [0.1, 0.15) is 11.6 Å². The zero-order valence-corrected chi connectivity index (χ0v) is 15.9. The predicted molar refractivity (Wildman–Crippen MR) is 106 cm³/mol. The van der Waals surface area contributed by atoms with Crippen molar-refractivity contribution in [2.75, 3.05) is 20.1 Å². The van der Waals surface area contributed by atoms with Crippen LogP contribution in [0.5, 0.6) is 0 Å². The fraction of sp³-hybridized carbons (Fsp3) is 0.364. The van der Waals surface area contributed by atoms with Crippen LogP contribution in [0.1, 0.15) is 36.6 Å². The lowest BCUT2D eigenvalue weighted by atomic mass is 10.0. The Bertz CT molecular complexity index is 1060. The maximum Gasteiger partial charge on any atom is 0.274 e. The van der Waals surface area contributed by atoms with Crippen molar-refractivity contribution in [1.29, 1.82) is 0 Å². The van der Waals surface area contributed by atoms with Crippen molar-refractivity contribution in [2.45, 2.75) is 31.7 Å². The zero-order chi connectivity index (χ0) is 19.7. The molecule has 6 heteroatoms. The summed E-state index contributed by atoms with van der Waals surface area (Å²) in [6.45, 7) is 1.92. The van der Waals surface area contributed by atoms with Crippen molar-refractivity contribution in [3.8, 4) is 0 Å². The number of aromatic nitrogens is 2. The molecule has 146 valence electrons. The van der Waals surface area contributed by atoms with Crippen LogP contribution >= 0.6 is 0 Å². The molecule has 0 amide bonds. The molecule has 4 rings (SSSR count). The Labute approximate surface area is 162 Å². The second-order valence-corrected chi connectivity index (χ2v) is 7.54. The summed E-state index contributed by atoms with van der Waals surface area (Å²) in [6.07, 6.45) is 2.95. The highest BCUT2D eigenvalue weighted by Gasteiger charge is 2.21. The Kier molecular flexibility index (Phi) is 5.22. The average Bonchev–Trinajstić information content (AvgIpc) is 2.90. The Balaban J connectivity index is 1.81. The van der Waals surface area contributed by atoms with Gasteiger partial charge in [0.05, 0.1) is 17.1 Å². The second-order valence-electron chi connectivity index (χ2n) is 7.54. The third-order valence-corrected chi connectivity index (χ3v) is 5.55. The van der Waals surface area contributed by atoms with Crippen LogP contribution in [0.15, 0.2) is 47.3 Å². The standard InChI is InChI=1S/C22H23F2N3O/c1-26-11-4-5-17(10-12-26)27-22(28)19-7-3-2-6-18(19)21(25-27)13-15-8-9-16(23)14-20(15)24/h2-3,6-9,14,17H,4-5,10-13H2,1H3. The molecule has 0 aliphatic carbocycles. The minimum Gasteiger partial charge on any atom is -0.306 e. The molecule has 0 bridgehead atoms. The highest BCUT2D eigenvalue weighted by atomic mass is 19.1. The van der Waals surface area contributed by atoms with Gasteiger partial charge in [0, 0.05) is 17.9 Å². The van der Waals surface area contributed by atoms with E-state index < -0.39 is 11.6 Å². The Morgan fingerprint density at radius 3 is 2.64 bits per heavy atom. The van der Waals surface area contributed by atoms with E-state index in [-0.39, 0.29) is 18.0 Å². The molecular weight excluding hydrogens is 360 g/mol. The number of rotatable bonds is 3. The largest absolute Gasteiger partial charge is 0.306 e. The lowest BCUT2D eigenvalue weighted by Gasteiger charge is -2.19. The van der Waals surface area contributed by atoms with Gasteiger partial charge >= 0.3 is 0 Å². The first kappa shape index (κ1) is 18.7. The van der Waals surface area contributed by atoms with E-state index in [1.807, 2.05) is 18.2 Å². The topological polar surface area (TPSA) is 38.1 Å². The van der Waals surface area contributed by atoms with Crippen LogP contribution in [0.2, 0.25) is 0 Å². The van der Waals surface area contributed by atoms with Crippen LogP contribution < -0.4 is 5.56 Å². The summed E-state index contributed by atoms with van der Waals surface area (Å²) in [5.41, 5.74) is 0.900. The fourth-order valence-corrected chi connectivity index (χ4v) is 3.96. The summed E-state index contributed by atoms with van der Waals surface area (Å²) >= 11 is 0. The quantitative estimate of drug-likeness (QED) is 0.688. The summed E-state index contributed by atoms with van der Waals surface area (Å²) in [7, 11) is 2.09. The number of hydrogen-bond acceptors (Lipinski definition) is 3. The minimum absolute atomic E-state index is 0.0267. The van der Waals surface area contributed by atoms with E-state index in [1.54, 1.807) is 10.7 Å². The maximum atomic E-state index is 14.2. The molecule has 3 aromatic rings. The van der Waals surface area contributed by atoms with Gasteiger partial charge in [0.15, 0.2) is 0 Å². The van der Waals surface area contributed by atoms with Crippen molar-refractivity contribution in [1.82, 2.24) is 14.7 Å². The molecule has 1 aliphatic rings. The number of halogens is 2. The first-order chi connectivity index (χ1) is 13.5. The molecule has 1 fully saturated rings. The maximum absolute atomic E-state index is 14.2. The molecule has 0 radical (unpaired) electrons. The van der Waals surface area contributed by atoms with E-state index >= 15 is 0 Å². The van der Waals surface area contributed by atoms with Crippen molar-refractivity contribution < 1.29 is 8.78 Å². The van der Waals surface area contributed by atoms with Crippen LogP contribution in [-0.2, 0) is 6.42 Å². The smallest absolute Gasteiger partial charge is 0.274 e. The molecule has 1 aromatic heterocycles. The number of likely N-dealkylation sites (tertiary alicyclic amines) is 1. The van der Waals surface area contributed by atoms with E-state index in [9.17, 15) is 13.6 Å². The average molecular weight is 383 g/mol. The lowest BCUT2D eigenvalue weighted by molar-refractivity contribution is 0.334. The number of hydrogen-bond donors (Lipinski definition) is 0. The number of nitrogens with zero attached hydrogens (tertiary/aromatic N) is 3. The van der Waals surface area contributed by atoms with Crippen LogP contribution in [0.4, 0.5) is 8.78 Å². The van der Waals surface area contributed by atoms with Crippen molar-refractivity contribution in [3.63, 3.8) is 0 Å². The van der Waals surface area contributed by atoms with Crippen LogP contribution in [-0.4, -0.2) is 34.8 Å². The zero-order valence-electron chi connectivity index (χ0n) is 15.9. The van der Waals surface area contributed by atoms with Crippen molar-refractivity contribution >= 4 is 10.8 Å². The highest BCUT2D eigenvalue weighted by Crippen LogP contribution is 2.24. The van der Waals surface area contributed by atoms with Gasteiger partial charge < -0.3 is 4.90 Å². The van der Waals surface area contributed by atoms with Crippen LogP contribution in [0.25, 0.3) is 10.8 Å². The molecule has 1 atom stereocenters. The van der Waals surface area contributed by atoms with E-state index in [0.717, 1.165) is 43.8 Å². The molecule has 0 spiro atoms. The first-order valence-corrected chi connectivity index (χ1v) is 9.66. The minimum atomic E-state index is -0.605. The Morgan fingerprint density at radius 1 is 1.07 bits per heavy atom. The molecule has 2 aromatic carbocycles. The molecule has 1 saturated heterocycles. The van der Waals surface area contributed by atoms with Crippen LogP contribution in [0.3, 0.4) is 0 Å². The van der Waals surface area contributed by atoms with Gasteiger partial charge in [-0.1, -0.05) is 24.3 Å². The Hall–Kier alpha value is -2.60. The molecule has 1 unspecified atom stereocenters. The first-order valence-electron chi connectivity index (χ1n) is 9.66. The van der Waals surface area contributed by atoms with Gasteiger partial charge in [-0.3, -0.25) is 4.79 Å². The summed E-state index contributed by atoms with van der Waals surface area (Å²) in [5.74, 6) is -1.20. The van der Waals surface area contributed by atoms with E-state index in [1.165, 1.54) is 12.1 Å². The van der Waals surface area contributed by atoms with Gasteiger partial charge in [-0.25, -0.2) is 13.5 Å². The molecule has 1 aliphatic heterocycles. The third kappa shape index (κ3) is 3.69. The number of benzene rings is 2. The molecular formula is C22H23F2N3O.